The van der Waals surface area contributed by atoms with Gasteiger partial charge in [-0.05, 0) is 63.2 Å². The summed E-state index contributed by atoms with van der Waals surface area (Å²) in [4.78, 5) is 12.6. The SMILES string of the molecule is C=C[C@@]1(C)CC[C@]23O[C@]2(CC[C@@H]2[C@](C)(C(=O)OC)CCC[C@]23C)C1. The van der Waals surface area contributed by atoms with Crippen LogP contribution in [0.25, 0.3) is 0 Å². The van der Waals surface area contributed by atoms with Crippen molar-refractivity contribution in [1.82, 2.24) is 0 Å². The van der Waals surface area contributed by atoms with Gasteiger partial charge in [0, 0.05) is 5.41 Å². The quantitative estimate of drug-likeness (QED) is 0.420. The summed E-state index contributed by atoms with van der Waals surface area (Å²) in [5.41, 5.74) is -0.0405. The minimum absolute atomic E-state index is 0.0128. The molecule has 0 bridgehead atoms. The van der Waals surface area contributed by atoms with Crippen LogP contribution in [-0.2, 0) is 14.3 Å². The van der Waals surface area contributed by atoms with E-state index in [1.54, 1.807) is 0 Å². The second kappa shape index (κ2) is 4.66. The van der Waals surface area contributed by atoms with E-state index in [0.29, 0.717) is 5.92 Å². The first-order valence-corrected chi connectivity index (χ1v) is 9.63. The van der Waals surface area contributed by atoms with Gasteiger partial charge in [0.25, 0.3) is 0 Å². The number of carbonyl (C=O) groups excluding carboxylic acids is 1. The summed E-state index contributed by atoms with van der Waals surface area (Å²) < 4.78 is 11.9. The van der Waals surface area contributed by atoms with Gasteiger partial charge in [-0.3, -0.25) is 4.79 Å². The maximum atomic E-state index is 12.6. The normalized spacial score (nSPS) is 55.6. The summed E-state index contributed by atoms with van der Waals surface area (Å²) in [6, 6.07) is 0. The molecule has 0 aromatic rings. The number of allylic oxidation sites excluding steroid dienone is 1. The van der Waals surface area contributed by atoms with Crippen LogP contribution in [0, 0.1) is 22.2 Å². The van der Waals surface area contributed by atoms with Crippen LogP contribution in [0.1, 0.15) is 72.1 Å². The molecule has 3 nitrogen and oxygen atoms in total. The van der Waals surface area contributed by atoms with Crippen molar-refractivity contribution in [3.05, 3.63) is 12.7 Å². The van der Waals surface area contributed by atoms with E-state index in [4.69, 9.17) is 9.47 Å². The number of esters is 1. The van der Waals surface area contributed by atoms with Gasteiger partial charge in [0.15, 0.2) is 0 Å². The Morgan fingerprint density at radius 3 is 2.58 bits per heavy atom. The number of ether oxygens (including phenoxy) is 2. The molecule has 1 heterocycles. The van der Waals surface area contributed by atoms with Crippen LogP contribution >= 0.6 is 0 Å². The molecule has 0 N–H and O–H groups in total. The topological polar surface area (TPSA) is 38.8 Å². The molecular formula is C21H32O3. The highest BCUT2D eigenvalue weighted by Gasteiger charge is 2.83. The van der Waals surface area contributed by atoms with Gasteiger partial charge in [0.2, 0.25) is 0 Å². The predicted molar refractivity (Wildman–Crippen MR) is 93.5 cm³/mol. The number of hydrogen-bond donors (Lipinski definition) is 0. The number of hydrogen-bond acceptors (Lipinski definition) is 3. The van der Waals surface area contributed by atoms with Gasteiger partial charge >= 0.3 is 5.97 Å². The van der Waals surface area contributed by atoms with Crippen molar-refractivity contribution < 1.29 is 14.3 Å². The van der Waals surface area contributed by atoms with Gasteiger partial charge in [-0.25, -0.2) is 0 Å². The van der Waals surface area contributed by atoms with E-state index in [9.17, 15) is 4.79 Å². The Labute approximate surface area is 146 Å². The van der Waals surface area contributed by atoms with E-state index in [0.717, 1.165) is 44.9 Å². The molecule has 0 aromatic heterocycles. The molecule has 0 aromatic carbocycles. The first-order chi connectivity index (χ1) is 11.2. The zero-order valence-corrected chi connectivity index (χ0v) is 15.7. The first kappa shape index (κ1) is 16.6. The minimum atomic E-state index is -0.353. The summed E-state index contributed by atoms with van der Waals surface area (Å²) in [7, 11) is 1.54. The molecule has 4 rings (SSSR count). The molecule has 3 heteroatoms. The molecule has 0 spiro atoms. The maximum absolute atomic E-state index is 12.6. The standard InChI is InChI=1S/C21H32O3/c1-6-17(2)12-13-21-19(4)10-7-9-18(3,16(22)23-5)15(19)8-11-20(21,14-17)24-21/h6,15H,1,7-14H2,2-5H3/t15-,17+,18-,19-,20-,21-/m1/s1. The van der Waals surface area contributed by atoms with E-state index >= 15 is 0 Å². The number of rotatable bonds is 2. The van der Waals surface area contributed by atoms with E-state index in [2.05, 4.69) is 33.4 Å². The number of fused-ring (bicyclic) bond motifs is 1. The Balaban J connectivity index is 1.72. The highest BCUT2D eigenvalue weighted by atomic mass is 16.6. The third-order valence-electron chi connectivity index (χ3n) is 8.64. The van der Waals surface area contributed by atoms with E-state index in [1.165, 1.54) is 13.5 Å². The van der Waals surface area contributed by atoms with Crippen molar-refractivity contribution in [3.8, 4) is 0 Å². The largest absolute Gasteiger partial charge is 0.469 e. The molecule has 1 saturated heterocycles. The van der Waals surface area contributed by atoms with Crippen LogP contribution in [-0.4, -0.2) is 24.3 Å². The fourth-order valence-electron chi connectivity index (χ4n) is 7.26. The van der Waals surface area contributed by atoms with Crippen molar-refractivity contribution in [2.45, 2.75) is 83.3 Å². The third-order valence-corrected chi connectivity index (χ3v) is 8.64. The summed E-state index contributed by atoms with van der Waals surface area (Å²) in [6.07, 6.45) is 10.9. The number of carbonyl (C=O) groups is 1. The van der Waals surface area contributed by atoms with Crippen molar-refractivity contribution in [3.63, 3.8) is 0 Å². The van der Waals surface area contributed by atoms with E-state index in [-0.39, 0.29) is 33.4 Å². The summed E-state index contributed by atoms with van der Waals surface area (Å²) >= 11 is 0. The third kappa shape index (κ3) is 1.70. The van der Waals surface area contributed by atoms with Gasteiger partial charge in [-0.2, -0.15) is 0 Å². The Kier molecular flexibility index (Phi) is 3.23. The second-order valence-corrected chi connectivity index (χ2v) is 9.73. The van der Waals surface area contributed by atoms with Crippen molar-refractivity contribution in [2.24, 2.45) is 22.2 Å². The second-order valence-electron chi connectivity index (χ2n) is 9.73. The van der Waals surface area contributed by atoms with Gasteiger partial charge in [-0.1, -0.05) is 26.3 Å². The van der Waals surface area contributed by atoms with Crippen LogP contribution in [0.4, 0.5) is 0 Å². The van der Waals surface area contributed by atoms with Crippen molar-refractivity contribution in [1.29, 1.82) is 0 Å². The van der Waals surface area contributed by atoms with E-state index < -0.39 is 0 Å². The molecule has 4 fully saturated rings. The molecule has 24 heavy (non-hydrogen) atoms. The van der Waals surface area contributed by atoms with Crippen LogP contribution in [0.5, 0.6) is 0 Å². The molecule has 4 aliphatic rings. The highest BCUT2D eigenvalue weighted by Crippen LogP contribution is 2.78. The Morgan fingerprint density at radius 2 is 1.92 bits per heavy atom. The van der Waals surface area contributed by atoms with Crippen LogP contribution in [0.3, 0.4) is 0 Å². The molecule has 1 aliphatic heterocycles. The molecule has 134 valence electrons. The minimum Gasteiger partial charge on any atom is -0.469 e. The first-order valence-electron chi connectivity index (χ1n) is 9.63. The Hall–Kier alpha value is -0.830. The monoisotopic (exact) mass is 332 g/mol. The van der Waals surface area contributed by atoms with Gasteiger partial charge in [0.1, 0.15) is 5.60 Å². The average Bonchev–Trinajstić information content (AvgIpc) is 3.24. The molecule has 3 aliphatic carbocycles. The zero-order valence-electron chi connectivity index (χ0n) is 15.7. The van der Waals surface area contributed by atoms with Gasteiger partial charge < -0.3 is 9.47 Å². The molecule has 0 unspecified atom stereocenters. The predicted octanol–water partition coefficient (Wildman–Crippen LogP) is 4.65. The molecule has 6 atom stereocenters. The lowest BCUT2D eigenvalue weighted by Gasteiger charge is -2.58. The van der Waals surface area contributed by atoms with Gasteiger partial charge in [-0.15, -0.1) is 6.58 Å². The molecule has 3 saturated carbocycles. The molecule has 0 amide bonds. The van der Waals surface area contributed by atoms with Crippen LogP contribution < -0.4 is 0 Å². The van der Waals surface area contributed by atoms with Crippen LogP contribution in [0.15, 0.2) is 12.7 Å². The average molecular weight is 332 g/mol. The van der Waals surface area contributed by atoms with Crippen molar-refractivity contribution in [2.75, 3.05) is 7.11 Å². The fourth-order valence-corrected chi connectivity index (χ4v) is 7.26. The number of methoxy groups -OCH3 is 1. The van der Waals surface area contributed by atoms with Crippen LogP contribution in [0.2, 0.25) is 0 Å². The lowest BCUT2D eigenvalue weighted by molar-refractivity contribution is -0.170. The highest BCUT2D eigenvalue weighted by molar-refractivity contribution is 5.77. The lowest BCUT2D eigenvalue weighted by atomic mass is 9.43. The Morgan fingerprint density at radius 1 is 1.17 bits per heavy atom. The van der Waals surface area contributed by atoms with Crippen molar-refractivity contribution >= 4 is 5.97 Å². The maximum Gasteiger partial charge on any atom is 0.311 e. The summed E-state index contributed by atoms with van der Waals surface area (Å²) in [5.74, 6) is 0.352. The lowest BCUT2D eigenvalue weighted by Crippen LogP contribution is -2.61. The fraction of sp³-hybridized carbons (Fsp3) is 0.857. The Bertz CT molecular complexity index is 600. The smallest absolute Gasteiger partial charge is 0.311 e. The molecular weight excluding hydrogens is 300 g/mol. The van der Waals surface area contributed by atoms with Gasteiger partial charge in [0.05, 0.1) is 18.1 Å². The zero-order chi connectivity index (χ0) is 17.4. The summed E-state index contributed by atoms with van der Waals surface area (Å²) in [5, 5.41) is 0. The number of epoxide rings is 1. The van der Waals surface area contributed by atoms with E-state index in [1.807, 2.05) is 0 Å². The molecule has 0 radical (unpaired) electrons. The summed E-state index contributed by atoms with van der Waals surface area (Å²) in [6.45, 7) is 11.0.